The average Bonchev–Trinajstić information content (AvgIpc) is 2.98. The third kappa shape index (κ3) is 4.42. The van der Waals surface area contributed by atoms with Crippen molar-refractivity contribution in [3.05, 3.63) is 46.7 Å². The standard InChI is InChI=1S/C15H18ClN3O2S/c1-2-21-15-17-8-13(19-15)14(20)18-11(9-22)7-10-5-3-4-6-12(10)16/h3-6,8,11,22H,2,7,9H2,1H3,(H,17,19)(H,18,20)/t11-/m1/s1. The molecule has 0 aliphatic rings. The Morgan fingerprint density at radius 2 is 2.27 bits per heavy atom. The highest BCUT2D eigenvalue weighted by atomic mass is 35.5. The second-order valence-electron chi connectivity index (χ2n) is 4.68. The summed E-state index contributed by atoms with van der Waals surface area (Å²) in [5.74, 6) is 0.258. The van der Waals surface area contributed by atoms with E-state index in [0.717, 1.165) is 5.56 Å². The number of aromatic nitrogens is 2. The van der Waals surface area contributed by atoms with Gasteiger partial charge in [0.1, 0.15) is 5.69 Å². The number of nitrogens with zero attached hydrogens (tertiary/aromatic N) is 1. The number of hydrogen-bond acceptors (Lipinski definition) is 4. The molecular formula is C15H18ClN3O2S. The van der Waals surface area contributed by atoms with E-state index in [1.807, 2.05) is 31.2 Å². The normalized spacial score (nSPS) is 12.0. The molecule has 1 atom stereocenters. The number of H-pyrrole nitrogens is 1. The van der Waals surface area contributed by atoms with Gasteiger partial charge >= 0.3 is 0 Å². The topological polar surface area (TPSA) is 67.0 Å². The van der Waals surface area contributed by atoms with E-state index in [4.69, 9.17) is 16.3 Å². The number of imidazole rings is 1. The molecule has 0 bridgehead atoms. The Morgan fingerprint density at radius 3 is 2.95 bits per heavy atom. The Balaban J connectivity index is 2.00. The largest absolute Gasteiger partial charge is 0.465 e. The summed E-state index contributed by atoms with van der Waals surface area (Å²) in [6.07, 6.45) is 2.06. The number of carbonyl (C=O) groups excluding carboxylic acids is 1. The molecule has 118 valence electrons. The smallest absolute Gasteiger partial charge is 0.294 e. The fourth-order valence-electron chi connectivity index (χ4n) is 1.98. The highest BCUT2D eigenvalue weighted by molar-refractivity contribution is 7.80. The van der Waals surface area contributed by atoms with Crippen molar-refractivity contribution in [1.82, 2.24) is 15.3 Å². The first-order valence-electron chi connectivity index (χ1n) is 6.97. The van der Waals surface area contributed by atoms with Gasteiger partial charge in [0.05, 0.1) is 12.8 Å². The van der Waals surface area contributed by atoms with Gasteiger partial charge in [-0.2, -0.15) is 12.6 Å². The number of halogens is 1. The first kappa shape index (κ1) is 16.7. The molecule has 7 heteroatoms. The molecule has 1 aromatic carbocycles. The van der Waals surface area contributed by atoms with Crippen molar-refractivity contribution in [3.8, 4) is 6.01 Å². The van der Waals surface area contributed by atoms with E-state index < -0.39 is 0 Å². The Hall–Kier alpha value is -1.66. The number of carbonyl (C=O) groups is 1. The molecule has 0 unspecified atom stereocenters. The monoisotopic (exact) mass is 339 g/mol. The van der Waals surface area contributed by atoms with Gasteiger partial charge in [0.15, 0.2) is 0 Å². The summed E-state index contributed by atoms with van der Waals surface area (Å²) in [6, 6.07) is 7.77. The van der Waals surface area contributed by atoms with Crippen LogP contribution in [0.4, 0.5) is 0 Å². The molecule has 0 fully saturated rings. The van der Waals surface area contributed by atoms with Crippen molar-refractivity contribution >= 4 is 30.1 Å². The van der Waals surface area contributed by atoms with Crippen molar-refractivity contribution in [2.24, 2.45) is 0 Å². The summed E-state index contributed by atoms with van der Waals surface area (Å²) >= 11 is 10.4. The summed E-state index contributed by atoms with van der Waals surface area (Å²) in [6.45, 7) is 2.34. The van der Waals surface area contributed by atoms with E-state index in [1.54, 1.807) is 0 Å². The Morgan fingerprint density at radius 1 is 1.50 bits per heavy atom. The van der Waals surface area contributed by atoms with Gasteiger partial charge in [0, 0.05) is 16.8 Å². The van der Waals surface area contributed by atoms with Crippen LogP contribution in [0.2, 0.25) is 5.02 Å². The molecule has 1 aromatic heterocycles. The molecule has 2 N–H and O–H groups in total. The minimum atomic E-state index is -0.246. The molecule has 0 radical (unpaired) electrons. The molecule has 5 nitrogen and oxygen atoms in total. The van der Waals surface area contributed by atoms with Crippen molar-refractivity contribution in [3.63, 3.8) is 0 Å². The Bertz CT molecular complexity index is 633. The lowest BCUT2D eigenvalue weighted by molar-refractivity contribution is 0.0935. The maximum atomic E-state index is 12.2. The second kappa shape index (κ2) is 8.10. The van der Waals surface area contributed by atoms with Gasteiger partial charge in [-0.05, 0) is 25.0 Å². The summed E-state index contributed by atoms with van der Waals surface area (Å²) in [5, 5.41) is 3.60. The maximum Gasteiger partial charge on any atom is 0.294 e. The summed E-state index contributed by atoms with van der Waals surface area (Å²) in [4.78, 5) is 19.0. The summed E-state index contributed by atoms with van der Waals surface area (Å²) in [7, 11) is 0. The molecule has 0 aliphatic carbocycles. The second-order valence-corrected chi connectivity index (χ2v) is 5.46. The molecule has 1 heterocycles. The molecular weight excluding hydrogens is 322 g/mol. The van der Waals surface area contributed by atoms with Crippen LogP contribution in [0.15, 0.2) is 30.5 Å². The van der Waals surface area contributed by atoms with Crippen LogP contribution >= 0.6 is 24.2 Å². The van der Waals surface area contributed by atoms with E-state index in [9.17, 15) is 4.79 Å². The molecule has 0 saturated carbocycles. The molecule has 2 aromatic rings. The van der Waals surface area contributed by atoms with E-state index in [1.165, 1.54) is 6.20 Å². The summed E-state index contributed by atoms with van der Waals surface area (Å²) in [5.41, 5.74) is 1.33. The van der Waals surface area contributed by atoms with Crippen LogP contribution in [0.25, 0.3) is 0 Å². The van der Waals surface area contributed by atoms with Gasteiger partial charge in [-0.15, -0.1) is 0 Å². The average molecular weight is 340 g/mol. The van der Waals surface area contributed by atoms with Gasteiger partial charge in [0.2, 0.25) is 0 Å². The van der Waals surface area contributed by atoms with Gasteiger partial charge in [-0.1, -0.05) is 29.8 Å². The molecule has 22 heavy (non-hydrogen) atoms. The number of nitrogens with one attached hydrogen (secondary N) is 2. The number of aromatic amines is 1. The Kier molecular flexibility index (Phi) is 6.15. The number of thiol groups is 1. The van der Waals surface area contributed by atoms with Crippen LogP contribution in [0.1, 0.15) is 23.0 Å². The van der Waals surface area contributed by atoms with Crippen LogP contribution in [0, 0.1) is 0 Å². The predicted octanol–water partition coefficient (Wildman–Crippen LogP) is 2.73. The molecule has 1 amide bonds. The lowest BCUT2D eigenvalue weighted by Crippen LogP contribution is -2.38. The van der Waals surface area contributed by atoms with Gasteiger partial charge in [0.25, 0.3) is 11.9 Å². The lowest BCUT2D eigenvalue weighted by Gasteiger charge is -2.16. The number of hydrogen-bond donors (Lipinski definition) is 3. The third-order valence-electron chi connectivity index (χ3n) is 3.06. The number of benzene rings is 1. The van der Waals surface area contributed by atoms with Crippen LogP contribution in [-0.4, -0.2) is 34.3 Å². The minimum Gasteiger partial charge on any atom is -0.465 e. The Labute approximate surface area is 139 Å². The van der Waals surface area contributed by atoms with E-state index >= 15 is 0 Å². The predicted molar refractivity (Wildman–Crippen MR) is 90.0 cm³/mol. The zero-order valence-electron chi connectivity index (χ0n) is 12.2. The zero-order valence-corrected chi connectivity index (χ0v) is 13.8. The fourth-order valence-corrected chi connectivity index (χ4v) is 2.42. The van der Waals surface area contributed by atoms with Crippen LogP contribution in [0.5, 0.6) is 6.01 Å². The fraction of sp³-hybridized carbons (Fsp3) is 0.333. The van der Waals surface area contributed by atoms with Crippen LogP contribution < -0.4 is 10.1 Å². The van der Waals surface area contributed by atoms with Crippen LogP contribution in [-0.2, 0) is 6.42 Å². The van der Waals surface area contributed by atoms with E-state index in [2.05, 4.69) is 27.9 Å². The van der Waals surface area contributed by atoms with E-state index in [0.29, 0.717) is 35.5 Å². The first-order valence-corrected chi connectivity index (χ1v) is 7.98. The molecule has 0 aliphatic heterocycles. The summed E-state index contributed by atoms with van der Waals surface area (Å²) < 4.78 is 5.20. The van der Waals surface area contributed by atoms with Crippen molar-refractivity contribution in [2.45, 2.75) is 19.4 Å². The van der Waals surface area contributed by atoms with Gasteiger partial charge < -0.3 is 15.0 Å². The zero-order chi connectivity index (χ0) is 15.9. The van der Waals surface area contributed by atoms with E-state index in [-0.39, 0.29) is 11.9 Å². The number of amides is 1. The van der Waals surface area contributed by atoms with Gasteiger partial charge in [-0.3, -0.25) is 4.79 Å². The molecule has 2 rings (SSSR count). The third-order valence-corrected chi connectivity index (χ3v) is 3.87. The van der Waals surface area contributed by atoms with Gasteiger partial charge in [-0.25, -0.2) is 4.98 Å². The minimum absolute atomic E-state index is 0.130. The number of ether oxygens (including phenoxy) is 1. The van der Waals surface area contributed by atoms with Crippen LogP contribution in [0.3, 0.4) is 0 Å². The molecule has 0 spiro atoms. The highest BCUT2D eigenvalue weighted by Gasteiger charge is 2.16. The lowest BCUT2D eigenvalue weighted by atomic mass is 10.1. The molecule has 0 saturated heterocycles. The quantitative estimate of drug-likeness (QED) is 0.679. The van der Waals surface area contributed by atoms with Crippen molar-refractivity contribution in [2.75, 3.05) is 12.4 Å². The highest BCUT2D eigenvalue weighted by Crippen LogP contribution is 2.17. The maximum absolute atomic E-state index is 12.2. The first-order chi connectivity index (χ1) is 10.6. The number of rotatable bonds is 7. The SMILES string of the molecule is CCOc1ncc(C(=O)N[C@@H](CS)Cc2ccccc2Cl)[nH]1. The van der Waals surface area contributed by atoms with Crippen molar-refractivity contribution < 1.29 is 9.53 Å². The van der Waals surface area contributed by atoms with Crippen molar-refractivity contribution in [1.29, 1.82) is 0 Å².